The van der Waals surface area contributed by atoms with Gasteiger partial charge in [-0.15, -0.1) is 0 Å². The monoisotopic (exact) mass is 527 g/mol. The number of carbonyl (C=O) groups is 2. The van der Waals surface area contributed by atoms with E-state index in [0.29, 0.717) is 45.5 Å². The van der Waals surface area contributed by atoms with Crippen molar-refractivity contribution in [1.29, 1.82) is 0 Å². The molecular weight excluding hydrogens is 501 g/mol. The maximum atomic E-state index is 13.6. The minimum atomic E-state index is -0.697. The van der Waals surface area contributed by atoms with E-state index in [0.717, 1.165) is 0 Å². The van der Waals surface area contributed by atoms with Crippen molar-refractivity contribution in [3.8, 4) is 11.5 Å². The van der Waals surface area contributed by atoms with Gasteiger partial charge in [-0.25, -0.2) is 9.07 Å². The average Bonchev–Trinajstić information content (AvgIpc) is 3.37. The lowest BCUT2D eigenvalue weighted by atomic mass is 9.94. The Morgan fingerprint density at radius 2 is 1.56 bits per heavy atom. The van der Waals surface area contributed by atoms with E-state index >= 15 is 0 Å². The predicted molar refractivity (Wildman–Crippen MR) is 146 cm³/mol. The van der Waals surface area contributed by atoms with Crippen molar-refractivity contribution < 1.29 is 23.5 Å². The van der Waals surface area contributed by atoms with E-state index in [1.807, 2.05) is 24.3 Å². The zero-order valence-corrected chi connectivity index (χ0v) is 21.5. The minimum Gasteiger partial charge on any atom is -0.493 e. The van der Waals surface area contributed by atoms with E-state index in [-0.39, 0.29) is 11.5 Å². The largest absolute Gasteiger partial charge is 0.493 e. The van der Waals surface area contributed by atoms with E-state index < -0.39 is 17.8 Å². The van der Waals surface area contributed by atoms with Crippen LogP contribution in [0.1, 0.15) is 28.9 Å². The van der Waals surface area contributed by atoms with E-state index in [1.165, 1.54) is 37.6 Å². The van der Waals surface area contributed by atoms with E-state index in [4.69, 9.17) is 9.47 Å². The minimum absolute atomic E-state index is 0.256. The number of carbonyl (C=O) groups excluding carboxylic acids is 2. The first-order valence-corrected chi connectivity index (χ1v) is 12.1. The van der Waals surface area contributed by atoms with Crippen molar-refractivity contribution in [3.63, 3.8) is 0 Å². The quantitative estimate of drug-likeness (QED) is 0.304. The lowest BCUT2D eigenvalue weighted by molar-refractivity contribution is -0.113. The second-order valence-electron chi connectivity index (χ2n) is 8.81. The first kappa shape index (κ1) is 25.5. The second kappa shape index (κ2) is 10.7. The third-order valence-corrected chi connectivity index (χ3v) is 6.37. The van der Waals surface area contributed by atoms with E-state index in [1.54, 1.807) is 43.0 Å². The summed E-state index contributed by atoms with van der Waals surface area (Å²) in [5.41, 5.74) is 2.98. The Bertz CT molecular complexity index is 1560. The molecule has 4 aromatic rings. The van der Waals surface area contributed by atoms with Crippen LogP contribution in [0.2, 0.25) is 0 Å². The summed E-state index contributed by atoms with van der Waals surface area (Å²) < 4.78 is 25.8. The molecule has 0 fully saturated rings. The fourth-order valence-electron chi connectivity index (χ4n) is 4.50. The van der Waals surface area contributed by atoms with Crippen molar-refractivity contribution >= 4 is 29.0 Å². The fourth-order valence-corrected chi connectivity index (χ4v) is 4.50. The number of para-hydroxylation sites is 1. The molecule has 1 atom stereocenters. The predicted octanol–water partition coefficient (Wildman–Crippen LogP) is 5.22. The highest BCUT2D eigenvalue weighted by atomic mass is 19.1. The molecule has 1 aliphatic rings. The number of fused-ring (bicyclic) bond motifs is 1. The van der Waals surface area contributed by atoms with Gasteiger partial charge in [-0.1, -0.05) is 24.3 Å². The van der Waals surface area contributed by atoms with Gasteiger partial charge in [0, 0.05) is 17.1 Å². The highest BCUT2D eigenvalue weighted by Crippen LogP contribution is 2.40. The van der Waals surface area contributed by atoms with Gasteiger partial charge in [0.2, 0.25) is 0 Å². The molecule has 3 N–H and O–H groups in total. The number of allylic oxidation sites excluding steroid dienone is 1. The molecule has 5 rings (SSSR count). The van der Waals surface area contributed by atoms with Gasteiger partial charge in [-0.2, -0.15) is 5.10 Å². The van der Waals surface area contributed by atoms with Gasteiger partial charge in [0.15, 0.2) is 11.5 Å². The molecule has 3 aromatic carbocycles. The van der Waals surface area contributed by atoms with Crippen LogP contribution in [0.3, 0.4) is 0 Å². The molecule has 0 radical (unpaired) electrons. The topological polar surface area (TPSA) is 107 Å². The van der Waals surface area contributed by atoms with Crippen LogP contribution in [-0.4, -0.2) is 35.8 Å². The summed E-state index contributed by atoms with van der Waals surface area (Å²) >= 11 is 0. The summed E-state index contributed by atoms with van der Waals surface area (Å²) in [4.78, 5) is 26.8. The fraction of sp³-hybridized carbons (Fsp3) is 0.138. The number of hydrogen-bond donors (Lipinski definition) is 3. The van der Waals surface area contributed by atoms with Gasteiger partial charge >= 0.3 is 0 Å². The highest BCUT2D eigenvalue weighted by Gasteiger charge is 2.36. The van der Waals surface area contributed by atoms with Crippen LogP contribution in [-0.2, 0) is 4.79 Å². The van der Waals surface area contributed by atoms with E-state index in [2.05, 4.69) is 21.0 Å². The smallest absolute Gasteiger partial charge is 0.261 e. The van der Waals surface area contributed by atoms with Gasteiger partial charge < -0.3 is 25.4 Å². The van der Waals surface area contributed by atoms with Crippen LogP contribution in [0.4, 0.5) is 21.6 Å². The molecule has 0 saturated heterocycles. The van der Waals surface area contributed by atoms with Crippen molar-refractivity contribution in [2.45, 2.75) is 13.0 Å². The summed E-state index contributed by atoms with van der Waals surface area (Å²) in [6.45, 7) is 1.77. The van der Waals surface area contributed by atoms with Gasteiger partial charge in [0.05, 0.1) is 26.0 Å². The maximum Gasteiger partial charge on any atom is 0.261 e. The van der Waals surface area contributed by atoms with Crippen molar-refractivity contribution in [1.82, 2.24) is 9.78 Å². The molecule has 0 bridgehead atoms. The number of hydrogen-bond acceptors (Lipinski definition) is 6. The molecule has 0 saturated carbocycles. The number of benzene rings is 3. The number of aromatic nitrogens is 2. The van der Waals surface area contributed by atoms with Crippen LogP contribution >= 0.6 is 0 Å². The van der Waals surface area contributed by atoms with Crippen LogP contribution < -0.4 is 25.4 Å². The second-order valence-corrected chi connectivity index (χ2v) is 8.81. The number of methoxy groups -OCH3 is 2. The molecule has 2 amide bonds. The number of nitrogens with one attached hydrogen (secondary N) is 3. The van der Waals surface area contributed by atoms with Gasteiger partial charge in [-0.05, 0) is 61.0 Å². The molecule has 1 aromatic heterocycles. The number of halogens is 1. The average molecular weight is 528 g/mol. The molecule has 0 spiro atoms. The van der Waals surface area contributed by atoms with Crippen molar-refractivity contribution in [2.24, 2.45) is 0 Å². The summed E-state index contributed by atoms with van der Waals surface area (Å²) in [6.07, 6.45) is 1.43. The highest BCUT2D eigenvalue weighted by molar-refractivity contribution is 6.09. The molecule has 2 heterocycles. The molecule has 0 aliphatic carbocycles. The first-order chi connectivity index (χ1) is 18.9. The number of nitrogens with zero attached hydrogens (tertiary/aromatic N) is 2. The Morgan fingerprint density at radius 1 is 0.897 bits per heavy atom. The van der Waals surface area contributed by atoms with Crippen LogP contribution in [0.5, 0.6) is 11.5 Å². The van der Waals surface area contributed by atoms with Gasteiger partial charge in [0.25, 0.3) is 11.8 Å². The van der Waals surface area contributed by atoms with Crippen molar-refractivity contribution in [2.75, 3.05) is 30.2 Å². The summed E-state index contributed by atoms with van der Waals surface area (Å²) in [5.74, 6) is 0.250. The standard InChI is InChI=1S/C29H26FN5O4/c1-17-25(29(37)34-20-7-5-4-6-8-20)26(18-9-14-23(38-2)24(15-18)39-3)35-27(32-17)22(16-31-35)28(36)33-21-12-10-19(30)11-13-21/h4-16,26,32H,1-3H3,(H,33,36)(H,34,37). The Hall–Kier alpha value is -5.12. The van der Waals surface area contributed by atoms with E-state index in [9.17, 15) is 14.0 Å². The number of anilines is 3. The number of rotatable bonds is 7. The molecule has 39 heavy (non-hydrogen) atoms. The molecule has 198 valence electrons. The number of ether oxygens (including phenoxy) is 2. The summed E-state index contributed by atoms with van der Waals surface area (Å²) in [7, 11) is 3.08. The molecule has 9 nitrogen and oxygen atoms in total. The SMILES string of the molecule is COc1ccc(C2C(C(=O)Nc3ccccc3)=C(C)Nc3c(C(=O)Nc4ccc(F)cc4)cnn32)cc1OC. The Labute approximate surface area is 224 Å². The van der Waals surface area contributed by atoms with Crippen LogP contribution in [0.25, 0.3) is 0 Å². The Kier molecular flexibility index (Phi) is 7.00. The Morgan fingerprint density at radius 3 is 2.26 bits per heavy atom. The third kappa shape index (κ3) is 5.04. The molecule has 1 unspecified atom stereocenters. The Balaban J connectivity index is 1.57. The molecule has 10 heteroatoms. The zero-order valence-electron chi connectivity index (χ0n) is 21.5. The first-order valence-electron chi connectivity index (χ1n) is 12.1. The van der Waals surface area contributed by atoms with Gasteiger partial charge in [0.1, 0.15) is 23.2 Å². The third-order valence-electron chi connectivity index (χ3n) is 6.37. The van der Waals surface area contributed by atoms with Crippen LogP contribution in [0, 0.1) is 5.82 Å². The normalized spacial score (nSPS) is 14.2. The van der Waals surface area contributed by atoms with Crippen LogP contribution in [0.15, 0.2) is 90.3 Å². The van der Waals surface area contributed by atoms with Gasteiger partial charge in [-0.3, -0.25) is 9.59 Å². The molecular formula is C29H26FN5O4. The van der Waals surface area contributed by atoms with Crippen molar-refractivity contribution in [3.05, 3.63) is 107 Å². The lowest BCUT2D eigenvalue weighted by Gasteiger charge is -2.30. The lowest BCUT2D eigenvalue weighted by Crippen LogP contribution is -2.32. The summed E-state index contributed by atoms with van der Waals surface area (Å²) in [6, 6.07) is 19.3. The maximum absolute atomic E-state index is 13.6. The number of amides is 2. The summed E-state index contributed by atoms with van der Waals surface area (Å²) in [5, 5.41) is 13.4. The molecule has 1 aliphatic heterocycles. The zero-order chi connectivity index (χ0) is 27.5.